The monoisotopic (exact) mass is 443 g/mol. The second kappa shape index (κ2) is 6.73. The molecule has 4 heterocycles. The first kappa shape index (κ1) is 21.3. The minimum absolute atomic E-state index is 0.00146. The summed E-state index contributed by atoms with van der Waals surface area (Å²) >= 11 is 0. The molecule has 1 aromatic carbocycles. The molecule has 31 heavy (non-hydrogen) atoms. The Morgan fingerprint density at radius 2 is 1.74 bits per heavy atom. The van der Waals surface area contributed by atoms with Gasteiger partial charge in [-0.2, -0.15) is 13.2 Å². The molecule has 6 nitrogen and oxygen atoms in total. The Hall–Kier alpha value is -1.55. The van der Waals surface area contributed by atoms with Gasteiger partial charge in [-0.1, -0.05) is 13.8 Å². The van der Waals surface area contributed by atoms with Gasteiger partial charge < -0.3 is 19.5 Å². The topological polar surface area (TPSA) is 58.2 Å². The summed E-state index contributed by atoms with van der Waals surface area (Å²) in [4.78, 5) is 11.4. The predicted molar refractivity (Wildman–Crippen MR) is 104 cm³/mol. The Morgan fingerprint density at radius 1 is 1.03 bits per heavy atom. The fraction of sp³-hybridized carbons (Fsp3) is 0.727. The molecule has 1 aliphatic carbocycles. The van der Waals surface area contributed by atoms with E-state index in [-0.39, 0.29) is 17.5 Å². The summed E-state index contributed by atoms with van der Waals surface area (Å²) in [7, 11) is 1.50. The number of nitrogens with one attached hydrogen (secondary N) is 1. The van der Waals surface area contributed by atoms with Crippen LogP contribution in [0.15, 0.2) is 24.3 Å². The maximum absolute atomic E-state index is 14.7. The Kier molecular flexibility index (Phi) is 4.62. The van der Waals surface area contributed by atoms with Crippen molar-refractivity contribution in [3.63, 3.8) is 0 Å². The highest BCUT2D eigenvalue weighted by Crippen LogP contribution is 2.65. The van der Waals surface area contributed by atoms with Crippen LogP contribution in [0.1, 0.15) is 40.0 Å². The summed E-state index contributed by atoms with van der Waals surface area (Å²) in [6, 6.07) is 6.31. The summed E-state index contributed by atoms with van der Waals surface area (Å²) in [6.07, 6.45) is -3.92. The maximum Gasteiger partial charge on any atom is 0.436 e. The first-order valence-electron chi connectivity index (χ1n) is 10.8. The zero-order valence-electron chi connectivity index (χ0n) is 18.0. The van der Waals surface area contributed by atoms with Crippen LogP contribution in [0.2, 0.25) is 0 Å². The van der Waals surface area contributed by atoms with E-state index in [0.29, 0.717) is 18.6 Å². The van der Waals surface area contributed by atoms with Crippen LogP contribution in [0.5, 0.6) is 5.75 Å². The minimum atomic E-state index is -4.70. The van der Waals surface area contributed by atoms with Crippen molar-refractivity contribution in [2.24, 2.45) is 23.7 Å². The van der Waals surface area contributed by atoms with Crippen molar-refractivity contribution in [1.29, 1.82) is 0 Å². The second-order valence-electron chi connectivity index (χ2n) is 9.57. The van der Waals surface area contributed by atoms with Crippen LogP contribution in [0.3, 0.4) is 0 Å². The van der Waals surface area contributed by atoms with Gasteiger partial charge in [0.1, 0.15) is 5.75 Å². The van der Waals surface area contributed by atoms with E-state index in [1.807, 2.05) is 0 Å². The maximum atomic E-state index is 14.7. The van der Waals surface area contributed by atoms with Crippen LogP contribution in [-0.2, 0) is 19.2 Å². The number of hydrogen-bond donors (Lipinski definition) is 1. The number of benzene rings is 1. The highest BCUT2D eigenvalue weighted by Gasteiger charge is 2.78. The third-order valence-corrected chi connectivity index (χ3v) is 7.84. The summed E-state index contributed by atoms with van der Waals surface area (Å²) in [6.45, 7) is 5.39. The molecular formula is C22H28F3NO5. The van der Waals surface area contributed by atoms with Crippen molar-refractivity contribution >= 4 is 5.69 Å². The first-order chi connectivity index (χ1) is 14.5. The average molecular weight is 443 g/mol. The summed E-state index contributed by atoms with van der Waals surface area (Å²) in [5.41, 5.74) is -3.40. The number of rotatable bonds is 3. The molecule has 1 aromatic rings. The SMILES string of the molecule is COc1ccc(N[C@@]2(C(F)(F)F)O[C@@H]3O[C@@]4(C)C[C@H]5[C@H](C)CC[C@@H]([C@H]2C)[C@@]35OO4)cc1. The van der Waals surface area contributed by atoms with Crippen LogP contribution in [0.25, 0.3) is 0 Å². The van der Waals surface area contributed by atoms with Crippen LogP contribution in [0.4, 0.5) is 18.9 Å². The highest BCUT2D eigenvalue weighted by atomic mass is 19.4. The molecule has 0 unspecified atom stereocenters. The van der Waals surface area contributed by atoms with Crippen molar-refractivity contribution in [3.8, 4) is 5.75 Å². The number of fused-ring (bicyclic) bond motifs is 1. The smallest absolute Gasteiger partial charge is 0.436 e. The van der Waals surface area contributed by atoms with E-state index in [4.69, 9.17) is 24.0 Å². The van der Waals surface area contributed by atoms with Gasteiger partial charge in [-0.05, 0) is 49.9 Å². The predicted octanol–water partition coefficient (Wildman–Crippen LogP) is 4.86. The number of alkyl halides is 3. The Bertz CT molecular complexity index is 851. The molecule has 0 radical (unpaired) electrons. The zero-order valence-corrected chi connectivity index (χ0v) is 18.0. The lowest BCUT2D eigenvalue weighted by atomic mass is 9.54. The van der Waals surface area contributed by atoms with Gasteiger partial charge in [-0.25, -0.2) is 9.78 Å². The Labute approximate surface area is 179 Å². The minimum Gasteiger partial charge on any atom is -0.497 e. The summed E-state index contributed by atoms with van der Waals surface area (Å²) in [5, 5.41) is 2.67. The largest absolute Gasteiger partial charge is 0.497 e. The third-order valence-electron chi connectivity index (χ3n) is 7.84. The fourth-order valence-corrected chi connectivity index (χ4v) is 6.19. The lowest BCUT2D eigenvalue weighted by Crippen LogP contribution is -2.81. The molecule has 8 atom stereocenters. The number of methoxy groups -OCH3 is 1. The van der Waals surface area contributed by atoms with Crippen molar-refractivity contribution < 1.29 is 37.2 Å². The van der Waals surface area contributed by atoms with Gasteiger partial charge in [-0.3, -0.25) is 0 Å². The number of halogens is 3. The first-order valence-corrected chi connectivity index (χ1v) is 10.8. The second-order valence-corrected chi connectivity index (χ2v) is 9.57. The molecule has 2 bridgehead atoms. The lowest BCUT2D eigenvalue weighted by molar-refractivity contribution is -0.619. The van der Waals surface area contributed by atoms with Crippen LogP contribution in [0, 0.1) is 23.7 Å². The van der Waals surface area contributed by atoms with Crippen LogP contribution >= 0.6 is 0 Å². The van der Waals surface area contributed by atoms with Gasteiger partial charge in [0.15, 0.2) is 11.9 Å². The standard InChI is InChI=1S/C22H28F3NO5/c1-12-5-10-16-13(2)21(22(23,24)25,26-14-6-8-15(27-4)9-7-14)29-18-20(16)17(12)11-19(3,28-18)30-31-20/h6-9,12-13,16-18,26H,5,10-11H2,1-4H3/t12-,13-,16+,17+,18+,19-,20+,21-/m1/s1. The third kappa shape index (κ3) is 2.86. The van der Waals surface area contributed by atoms with E-state index in [9.17, 15) is 13.2 Å². The van der Waals surface area contributed by atoms with E-state index < -0.39 is 41.4 Å². The van der Waals surface area contributed by atoms with Gasteiger partial charge in [0, 0.05) is 29.9 Å². The number of anilines is 1. The molecule has 5 fully saturated rings. The lowest BCUT2D eigenvalue weighted by Gasteiger charge is -2.68. The molecule has 0 aromatic heterocycles. The van der Waals surface area contributed by atoms with E-state index in [1.54, 1.807) is 38.1 Å². The van der Waals surface area contributed by atoms with Crippen molar-refractivity contribution in [3.05, 3.63) is 24.3 Å². The fourth-order valence-electron chi connectivity index (χ4n) is 6.19. The van der Waals surface area contributed by atoms with Gasteiger partial charge in [0.2, 0.25) is 11.5 Å². The molecular weight excluding hydrogens is 415 g/mol. The van der Waals surface area contributed by atoms with Gasteiger partial charge in [-0.15, -0.1) is 0 Å². The molecule has 4 aliphatic heterocycles. The molecule has 0 amide bonds. The average Bonchev–Trinajstić information content (AvgIpc) is 2.72. The molecule has 6 rings (SSSR count). The summed E-state index contributed by atoms with van der Waals surface area (Å²) in [5.74, 6) is -1.71. The van der Waals surface area contributed by atoms with Gasteiger partial charge >= 0.3 is 6.18 Å². The normalized spacial score (nSPS) is 46.4. The van der Waals surface area contributed by atoms with E-state index in [0.717, 1.165) is 6.42 Å². The van der Waals surface area contributed by atoms with E-state index in [1.165, 1.54) is 7.11 Å². The van der Waals surface area contributed by atoms with Crippen LogP contribution in [-0.4, -0.2) is 36.7 Å². The number of ether oxygens (including phenoxy) is 3. The van der Waals surface area contributed by atoms with E-state index in [2.05, 4.69) is 12.2 Å². The molecule has 1 saturated carbocycles. The quantitative estimate of drug-likeness (QED) is 0.674. The Morgan fingerprint density at radius 3 is 2.39 bits per heavy atom. The molecule has 4 saturated heterocycles. The van der Waals surface area contributed by atoms with Crippen LogP contribution < -0.4 is 10.1 Å². The number of hydrogen-bond acceptors (Lipinski definition) is 6. The van der Waals surface area contributed by atoms with Gasteiger partial charge in [0.25, 0.3) is 0 Å². The van der Waals surface area contributed by atoms with Gasteiger partial charge in [0.05, 0.1) is 7.11 Å². The molecule has 5 aliphatic rings. The molecule has 9 heteroatoms. The molecule has 1 N–H and O–H groups in total. The van der Waals surface area contributed by atoms with Crippen molar-refractivity contribution in [2.75, 3.05) is 12.4 Å². The molecule has 1 spiro atoms. The van der Waals surface area contributed by atoms with Crippen molar-refractivity contribution in [2.45, 2.75) is 69.6 Å². The zero-order chi connectivity index (χ0) is 22.2. The summed E-state index contributed by atoms with van der Waals surface area (Å²) < 4.78 is 61.2. The molecule has 172 valence electrons. The Balaban J connectivity index is 1.58. The highest BCUT2D eigenvalue weighted by molar-refractivity contribution is 5.49. The van der Waals surface area contributed by atoms with Crippen molar-refractivity contribution in [1.82, 2.24) is 0 Å². The van der Waals surface area contributed by atoms with E-state index >= 15 is 0 Å².